The van der Waals surface area contributed by atoms with Gasteiger partial charge in [-0.15, -0.1) is 0 Å². The van der Waals surface area contributed by atoms with Gasteiger partial charge in [-0.05, 0) is 78.5 Å². The first kappa shape index (κ1) is 25.5. The number of hydrogen-bond acceptors (Lipinski definition) is 5. The molecule has 32 heavy (non-hydrogen) atoms. The lowest BCUT2D eigenvalue weighted by Crippen LogP contribution is -2.51. The van der Waals surface area contributed by atoms with Crippen LogP contribution in [0.3, 0.4) is 0 Å². The summed E-state index contributed by atoms with van der Waals surface area (Å²) in [4.78, 5) is 36.5. The molecule has 1 aromatic rings. The molecule has 3 atom stereocenters. The highest BCUT2D eigenvalue weighted by Crippen LogP contribution is 2.26. The van der Waals surface area contributed by atoms with Gasteiger partial charge in [0.15, 0.2) is 0 Å². The fourth-order valence-electron chi connectivity index (χ4n) is 3.58. The van der Waals surface area contributed by atoms with Gasteiger partial charge in [0.2, 0.25) is 5.91 Å². The van der Waals surface area contributed by atoms with Crippen LogP contribution in [-0.4, -0.2) is 46.4 Å². The van der Waals surface area contributed by atoms with Gasteiger partial charge >= 0.3 is 12.1 Å². The number of carbonyl (C=O) groups is 3. The van der Waals surface area contributed by atoms with E-state index in [1.54, 1.807) is 20.8 Å². The van der Waals surface area contributed by atoms with Crippen LogP contribution in [0.5, 0.6) is 5.75 Å². The van der Waals surface area contributed by atoms with Crippen molar-refractivity contribution in [3.63, 3.8) is 0 Å². The zero-order valence-electron chi connectivity index (χ0n) is 19.9. The van der Waals surface area contributed by atoms with E-state index in [0.29, 0.717) is 25.0 Å². The molecule has 2 rings (SSSR count). The number of benzene rings is 1. The lowest BCUT2D eigenvalue weighted by Gasteiger charge is -2.25. The smallest absolute Gasteiger partial charge is 0.408 e. The molecule has 1 fully saturated rings. The molecule has 1 aliphatic carbocycles. The first-order valence-corrected chi connectivity index (χ1v) is 11.0. The second kappa shape index (κ2) is 10.2. The van der Waals surface area contributed by atoms with Crippen molar-refractivity contribution in [2.24, 2.45) is 5.92 Å². The van der Waals surface area contributed by atoms with Crippen LogP contribution in [0, 0.1) is 5.92 Å². The number of amides is 2. The Balaban J connectivity index is 2.09. The number of carbonyl (C=O) groups excluding carboxylic acids is 2. The van der Waals surface area contributed by atoms with Gasteiger partial charge in [0.25, 0.3) is 0 Å². The zero-order valence-corrected chi connectivity index (χ0v) is 19.9. The summed E-state index contributed by atoms with van der Waals surface area (Å²) in [5.41, 5.74) is -0.175. The molecule has 178 valence electrons. The van der Waals surface area contributed by atoms with Crippen LogP contribution in [0.25, 0.3) is 0 Å². The third-order valence-corrected chi connectivity index (χ3v) is 4.92. The molecule has 0 spiro atoms. The standard InChI is InChI=1S/C24H36N2O6/c1-23(2,3)31-18-11-7-15(8-12-18)13-19(26-22(30)32-24(4,5)6)20(27)25-17-10-9-16(14-17)21(28)29/h7-8,11-12,16-17,19H,9-10,13-14H2,1-6H3,(H,25,27)(H,26,30)(H,28,29)/t16-,17-,19?/m0/s1. The molecular weight excluding hydrogens is 412 g/mol. The van der Waals surface area contributed by atoms with E-state index >= 15 is 0 Å². The Bertz CT molecular complexity index is 807. The van der Waals surface area contributed by atoms with Crippen molar-refractivity contribution in [1.82, 2.24) is 10.6 Å². The molecule has 0 radical (unpaired) electrons. The molecule has 2 amide bonds. The third-order valence-electron chi connectivity index (χ3n) is 4.92. The number of aliphatic carboxylic acids is 1. The summed E-state index contributed by atoms with van der Waals surface area (Å²) in [5, 5.41) is 14.8. The summed E-state index contributed by atoms with van der Waals surface area (Å²) in [5.74, 6) is -0.939. The molecule has 0 saturated heterocycles. The van der Waals surface area contributed by atoms with E-state index in [0.717, 1.165) is 5.56 Å². The molecule has 0 bridgehead atoms. The van der Waals surface area contributed by atoms with Gasteiger partial charge in [-0.2, -0.15) is 0 Å². The largest absolute Gasteiger partial charge is 0.488 e. The minimum atomic E-state index is -0.858. The van der Waals surface area contributed by atoms with Gasteiger partial charge in [-0.25, -0.2) is 4.79 Å². The summed E-state index contributed by atoms with van der Waals surface area (Å²) in [7, 11) is 0. The summed E-state index contributed by atoms with van der Waals surface area (Å²) >= 11 is 0. The van der Waals surface area contributed by atoms with Gasteiger partial charge in [0.05, 0.1) is 5.92 Å². The molecule has 1 saturated carbocycles. The highest BCUT2D eigenvalue weighted by atomic mass is 16.6. The molecule has 0 aromatic heterocycles. The number of nitrogens with one attached hydrogen (secondary N) is 2. The summed E-state index contributed by atoms with van der Waals surface area (Å²) in [6, 6.07) is 6.29. The normalized spacial score (nSPS) is 19.7. The maximum Gasteiger partial charge on any atom is 0.408 e. The van der Waals surface area contributed by atoms with Crippen LogP contribution in [0.1, 0.15) is 66.4 Å². The van der Waals surface area contributed by atoms with E-state index in [4.69, 9.17) is 9.47 Å². The fraction of sp³-hybridized carbons (Fsp3) is 0.625. The first-order valence-electron chi connectivity index (χ1n) is 11.0. The number of alkyl carbamates (subject to hydrolysis) is 1. The predicted molar refractivity (Wildman–Crippen MR) is 121 cm³/mol. The molecule has 8 heteroatoms. The van der Waals surface area contributed by atoms with Crippen LogP contribution in [0.2, 0.25) is 0 Å². The van der Waals surface area contributed by atoms with Crippen molar-refractivity contribution in [2.45, 2.75) is 90.5 Å². The molecule has 1 aromatic carbocycles. The van der Waals surface area contributed by atoms with Crippen molar-refractivity contribution in [3.05, 3.63) is 29.8 Å². The average Bonchev–Trinajstić information content (AvgIpc) is 3.08. The number of rotatable bonds is 7. The Morgan fingerprint density at radius 3 is 2.16 bits per heavy atom. The lowest BCUT2D eigenvalue weighted by atomic mass is 10.0. The van der Waals surface area contributed by atoms with Crippen LogP contribution >= 0.6 is 0 Å². The fourth-order valence-corrected chi connectivity index (χ4v) is 3.58. The lowest BCUT2D eigenvalue weighted by molar-refractivity contribution is -0.141. The Hall–Kier alpha value is -2.77. The molecule has 0 aliphatic heterocycles. The molecule has 1 aliphatic rings. The van der Waals surface area contributed by atoms with Crippen molar-refractivity contribution >= 4 is 18.0 Å². The quantitative estimate of drug-likeness (QED) is 0.586. The Morgan fingerprint density at radius 2 is 1.66 bits per heavy atom. The molecule has 0 heterocycles. The van der Waals surface area contributed by atoms with Crippen LogP contribution in [-0.2, 0) is 20.7 Å². The van der Waals surface area contributed by atoms with Gasteiger partial charge in [-0.3, -0.25) is 9.59 Å². The Labute approximate surface area is 190 Å². The van der Waals surface area contributed by atoms with Gasteiger partial charge in [0, 0.05) is 12.5 Å². The molecule has 1 unspecified atom stereocenters. The van der Waals surface area contributed by atoms with Crippen LogP contribution in [0.4, 0.5) is 4.79 Å². The van der Waals surface area contributed by atoms with Crippen LogP contribution in [0.15, 0.2) is 24.3 Å². The average molecular weight is 449 g/mol. The Morgan fingerprint density at radius 1 is 1.03 bits per heavy atom. The minimum absolute atomic E-state index is 0.228. The topological polar surface area (TPSA) is 114 Å². The maximum atomic E-state index is 13.0. The maximum absolute atomic E-state index is 13.0. The molecule has 3 N–H and O–H groups in total. The summed E-state index contributed by atoms with van der Waals surface area (Å²) < 4.78 is 11.2. The minimum Gasteiger partial charge on any atom is -0.488 e. The van der Waals surface area contributed by atoms with Gasteiger partial charge in [0.1, 0.15) is 23.0 Å². The first-order chi connectivity index (χ1) is 14.7. The van der Waals surface area contributed by atoms with E-state index in [-0.39, 0.29) is 24.0 Å². The summed E-state index contributed by atoms with van der Waals surface area (Å²) in [6.07, 6.45) is 1.09. The number of hydrogen-bond donors (Lipinski definition) is 3. The van der Waals surface area contributed by atoms with E-state index in [2.05, 4.69) is 10.6 Å². The highest BCUT2D eigenvalue weighted by molar-refractivity contribution is 5.86. The van der Waals surface area contributed by atoms with Gasteiger partial charge < -0.3 is 25.2 Å². The van der Waals surface area contributed by atoms with Crippen molar-refractivity contribution in [2.75, 3.05) is 0 Å². The van der Waals surface area contributed by atoms with Crippen molar-refractivity contribution < 1.29 is 29.0 Å². The number of carboxylic acids is 1. The van der Waals surface area contributed by atoms with Crippen molar-refractivity contribution in [1.29, 1.82) is 0 Å². The third kappa shape index (κ3) is 8.77. The number of ether oxygens (including phenoxy) is 2. The summed E-state index contributed by atoms with van der Waals surface area (Å²) in [6.45, 7) is 11.1. The highest BCUT2D eigenvalue weighted by Gasteiger charge is 2.33. The van der Waals surface area contributed by atoms with Gasteiger partial charge in [-0.1, -0.05) is 12.1 Å². The molecular formula is C24H36N2O6. The van der Waals surface area contributed by atoms with E-state index in [1.807, 2.05) is 45.0 Å². The predicted octanol–water partition coefficient (Wildman–Crippen LogP) is 3.67. The second-order valence-electron chi connectivity index (χ2n) is 10.3. The SMILES string of the molecule is CC(C)(C)OC(=O)NC(Cc1ccc(OC(C)(C)C)cc1)C(=O)N[C@H]1CC[C@H](C(=O)O)C1. The molecule has 8 nitrogen and oxygen atoms in total. The van der Waals surface area contributed by atoms with E-state index < -0.39 is 29.6 Å². The Kier molecular flexibility index (Phi) is 8.15. The second-order valence-corrected chi connectivity index (χ2v) is 10.3. The number of carboxylic acid groups (broad SMARTS) is 1. The monoisotopic (exact) mass is 448 g/mol. The van der Waals surface area contributed by atoms with Crippen molar-refractivity contribution in [3.8, 4) is 5.75 Å². The van der Waals surface area contributed by atoms with E-state index in [1.165, 1.54) is 0 Å². The van der Waals surface area contributed by atoms with Crippen LogP contribution < -0.4 is 15.4 Å². The zero-order chi connectivity index (χ0) is 24.1. The van der Waals surface area contributed by atoms with E-state index in [9.17, 15) is 19.5 Å².